The maximum atomic E-state index is 12.2. The monoisotopic (exact) mass is 311 g/mol. The van der Waals surface area contributed by atoms with Crippen LogP contribution in [0.3, 0.4) is 0 Å². The SMILES string of the molecule is CCc1cccc(CC)c1N/C=C(/C#N)C(=O)NC1CCCC1. The molecule has 23 heavy (non-hydrogen) atoms. The average molecular weight is 311 g/mol. The van der Waals surface area contributed by atoms with E-state index in [0.29, 0.717) is 0 Å². The summed E-state index contributed by atoms with van der Waals surface area (Å²) in [5, 5.41) is 15.4. The number of anilines is 1. The van der Waals surface area contributed by atoms with Gasteiger partial charge in [-0.15, -0.1) is 0 Å². The fourth-order valence-electron chi connectivity index (χ4n) is 3.05. The van der Waals surface area contributed by atoms with E-state index < -0.39 is 0 Å². The van der Waals surface area contributed by atoms with Crippen LogP contribution in [0.25, 0.3) is 0 Å². The van der Waals surface area contributed by atoms with E-state index in [1.807, 2.05) is 12.1 Å². The highest BCUT2D eigenvalue weighted by atomic mass is 16.1. The van der Waals surface area contributed by atoms with Gasteiger partial charge in [-0.2, -0.15) is 5.26 Å². The smallest absolute Gasteiger partial charge is 0.263 e. The first-order chi connectivity index (χ1) is 11.2. The molecule has 1 aromatic rings. The molecule has 4 heteroatoms. The molecule has 0 aromatic heterocycles. The highest BCUT2D eigenvalue weighted by molar-refractivity contribution is 5.97. The summed E-state index contributed by atoms with van der Waals surface area (Å²) in [7, 11) is 0. The highest BCUT2D eigenvalue weighted by Gasteiger charge is 2.19. The Hall–Kier alpha value is -2.28. The minimum Gasteiger partial charge on any atom is -0.360 e. The molecular formula is C19H25N3O. The van der Waals surface area contributed by atoms with Gasteiger partial charge in [0.15, 0.2) is 0 Å². The van der Waals surface area contributed by atoms with Crippen LogP contribution >= 0.6 is 0 Å². The second kappa shape index (κ2) is 8.38. The molecule has 1 aliphatic carbocycles. The lowest BCUT2D eigenvalue weighted by Crippen LogP contribution is -2.33. The molecule has 1 aromatic carbocycles. The van der Waals surface area contributed by atoms with E-state index in [0.717, 1.165) is 44.2 Å². The molecule has 4 nitrogen and oxygen atoms in total. The fraction of sp³-hybridized carbons (Fsp3) is 0.474. The van der Waals surface area contributed by atoms with Gasteiger partial charge in [-0.05, 0) is 36.8 Å². The normalized spacial score (nSPS) is 15.3. The number of carbonyl (C=O) groups is 1. The summed E-state index contributed by atoms with van der Waals surface area (Å²) in [6.07, 6.45) is 7.67. The Morgan fingerprint density at radius 2 is 1.87 bits per heavy atom. The number of nitrogens with zero attached hydrogens (tertiary/aromatic N) is 1. The van der Waals surface area contributed by atoms with Gasteiger partial charge in [0.1, 0.15) is 11.6 Å². The third-order valence-electron chi connectivity index (χ3n) is 4.42. The molecule has 0 radical (unpaired) electrons. The number of para-hydroxylation sites is 1. The van der Waals surface area contributed by atoms with Gasteiger partial charge in [0.25, 0.3) is 5.91 Å². The summed E-state index contributed by atoms with van der Waals surface area (Å²) in [5.41, 5.74) is 3.52. The zero-order chi connectivity index (χ0) is 16.7. The van der Waals surface area contributed by atoms with Crippen molar-refractivity contribution in [3.05, 3.63) is 41.1 Å². The molecular weight excluding hydrogens is 286 g/mol. The number of nitrogens with one attached hydrogen (secondary N) is 2. The van der Waals surface area contributed by atoms with E-state index in [2.05, 4.69) is 36.6 Å². The van der Waals surface area contributed by atoms with Crippen molar-refractivity contribution in [2.75, 3.05) is 5.32 Å². The molecule has 2 N–H and O–H groups in total. The Labute approximate surface area is 138 Å². The Morgan fingerprint density at radius 3 is 2.39 bits per heavy atom. The molecule has 0 unspecified atom stereocenters. The van der Waals surface area contributed by atoms with Crippen LogP contribution < -0.4 is 10.6 Å². The van der Waals surface area contributed by atoms with Gasteiger partial charge in [0.2, 0.25) is 0 Å². The van der Waals surface area contributed by atoms with Crippen LogP contribution in [0.2, 0.25) is 0 Å². The zero-order valence-corrected chi connectivity index (χ0v) is 14.0. The second-order valence-electron chi connectivity index (χ2n) is 5.93. The summed E-state index contributed by atoms with van der Waals surface area (Å²) < 4.78 is 0. The van der Waals surface area contributed by atoms with E-state index in [1.54, 1.807) is 0 Å². The van der Waals surface area contributed by atoms with Gasteiger partial charge in [-0.3, -0.25) is 4.79 Å². The van der Waals surface area contributed by atoms with E-state index in [1.165, 1.54) is 17.3 Å². The molecule has 2 rings (SSSR count). The summed E-state index contributed by atoms with van der Waals surface area (Å²) in [6, 6.07) is 8.41. The molecule has 0 saturated heterocycles. The van der Waals surface area contributed by atoms with Crippen molar-refractivity contribution in [3.8, 4) is 6.07 Å². The van der Waals surface area contributed by atoms with Crippen LogP contribution in [0.1, 0.15) is 50.7 Å². The third-order valence-corrected chi connectivity index (χ3v) is 4.42. The van der Waals surface area contributed by atoms with E-state index >= 15 is 0 Å². The number of rotatable bonds is 6. The Kier molecular flexibility index (Phi) is 6.22. The van der Waals surface area contributed by atoms with Gasteiger partial charge in [0, 0.05) is 17.9 Å². The standard InChI is InChI=1S/C19H25N3O/c1-3-14-8-7-9-15(4-2)18(14)21-13-16(12-20)19(23)22-17-10-5-6-11-17/h7-9,13,17,21H,3-6,10-11H2,1-2H3,(H,22,23)/b16-13-. The highest BCUT2D eigenvalue weighted by Crippen LogP contribution is 2.23. The maximum absolute atomic E-state index is 12.2. The first kappa shape index (κ1) is 17.1. The Balaban J connectivity index is 2.13. The lowest BCUT2D eigenvalue weighted by atomic mass is 10.0. The van der Waals surface area contributed by atoms with Crippen molar-refractivity contribution in [1.82, 2.24) is 5.32 Å². The number of carbonyl (C=O) groups excluding carboxylic acids is 1. The molecule has 1 fully saturated rings. The summed E-state index contributed by atoms with van der Waals surface area (Å²) >= 11 is 0. The fourth-order valence-corrected chi connectivity index (χ4v) is 3.05. The third kappa shape index (κ3) is 4.35. The largest absolute Gasteiger partial charge is 0.360 e. The molecule has 1 saturated carbocycles. The predicted octanol–water partition coefficient (Wildman–Crippen LogP) is 3.69. The Bertz CT molecular complexity index is 600. The van der Waals surface area contributed by atoms with Crippen molar-refractivity contribution in [2.45, 2.75) is 58.4 Å². The lowest BCUT2D eigenvalue weighted by molar-refractivity contribution is -0.117. The summed E-state index contributed by atoms with van der Waals surface area (Å²) in [5.74, 6) is -0.279. The Morgan fingerprint density at radius 1 is 1.26 bits per heavy atom. The summed E-state index contributed by atoms with van der Waals surface area (Å²) in [6.45, 7) is 4.20. The number of benzene rings is 1. The van der Waals surface area contributed by atoms with Crippen LogP contribution in [-0.4, -0.2) is 11.9 Å². The quantitative estimate of drug-likeness (QED) is 0.622. The van der Waals surface area contributed by atoms with Gasteiger partial charge in [-0.25, -0.2) is 0 Å². The summed E-state index contributed by atoms with van der Waals surface area (Å²) in [4.78, 5) is 12.2. The van der Waals surface area contributed by atoms with Gasteiger partial charge >= 0.3 is 0 Å². The molecule has 0 spiro atoms. The van der Waals surface area contributed by atoms with Crippen molar-refractivity contribution in [3.63, 3.8) is 0 Å². The first-order valence-corrected chi connectivity index (χ1v) is 8.48. The van der Waals surface area contributed by atoms with E-state index in [9.17, 15) is 10.1 Å². The number of hydrogen-bond acceptors (Lipinski definition) is 3. The van der Waals surface area contributed by atoms with E-state index in [4.69, 9.17) is 0 Å². The van der Waals surface area contributed by atoms with Crippen molar-refractivity contribution in [2.24, 2.45) is 0 Å². The van der Waals surface area contributed by atoms with Crippen molar-refractivity contribution in [1.29, 1.82) is 5.26 Å². The van der Waals surface area contributed by atoms with Gasteiger partial charge < -0.3 is 10.6 Å². The molecule has 0 aliphatic heterocycles. The molecule has 0 heterocycles. The van der Waals surface area contributed by atoms with Crippen LogP contribution in [0.5, 0.6) is 0 Å². The first-order valence-electron chi connectivity index (χ1n) is 8.48. The van der Waals surface area contributed by atoms with Gasteiger partial charge in [-0.1, -0.05) is 44.9 Å². The molecule has 1 amide bonds. The number of hydrogen-bond donors (Lipinski definition) is 2. The minimum atomic E-state index is -0.279. The number of nitriles is 1. The van der Waals surface area contributed by atoms with Crippen molar-refractivity contribution >= 4 is 11.6 Å². The van der Waals surface area contributed by atoms with Crippen LogP contribution in [-0.2, 0) is 17.6 Å². The van der Waals surface area contributed by atoms with Crippen molar-refractivity contribution < 1.29 is 4.79 Å². The van der Waals surface area contributed by atoms with Crippen LogP contribution in [0.4, 0.5) is 5.69 Å². The number of aryl methyl sites for hydroxylation is 2. The van der Waals surface area contributed by atoms with Crippen LogP contribution in [0, 0.1) is 11.3 Å². The topological polar surface area (TPSA) is 64.9 Å². The molecule has 122 valence electrons. The minimum absolute atomic E-state index is 0.129. The number of amides is 1. The van der Waals surface area contributed by atoms with E-state index in [-0.39, 0.29) is 17.5 Å². The van der Waals surface area contributed by atoms with Gasteiger partial charge in [0.05, 0.1) is 0 Å². The molecule has 0 atom stereocenters. The predicted molar refractivity (Wildman–Crippen MR) is 92.9 cm³/mol. The zero-order valence-electron chi connectivity index (χ0n) is 14.0. The average Bonchev–Trinajstić information content (AvgIpc) is 3.08. The molecule has 1 aliphatic rings. The second-order valence-corrected chi connectivity index (χ2v) is 5.93. The van der Waals surface area contributed by atoms with Crippen LogP contribution in [0.15, 0.2) is 30.0 Å². The lowest BCUT2D eigenvalue weighted by Gasteiger charge is -2.14. The molecule has 0 bridgehead atoms. The maximum Gasteiger partial charge on any atom is 0.263 e.